The van der Waals surface area contributed by atoms with Crippen LogP contribution in [0.3, 0.4) is 0 Å². The number of aryl methyl sites for hydroxylation is 1. The number of aromatic amines is 1. The van der Waals surface area contributed by atoms with Crippen molar-refractivity contribution in [3.8, 4) is 11.3 Å². The van der Waals surface area contributed by atoms with Gasteiger partial charge in [0.2, 0.25) is 0 Å². The van der Waals surface area contributed by atoms with Gasteiger partial charge in [-0.2, -0.15) is 10.2 Å². The Morgan fingerprint density at radius 3 is 2.46 bits per heavy atom. The minimum atomic E-state index is -0.469. The SMILES string of the molecule is CCc1ccc(-c2cc(C(=O)NN=C(C)c3ccc([N+](=O)[O-])cc3)[nH]n2)cc1. The minimum Gasteiger partial charge on any atom is -0.272 e. The maximum Gasteiger partial charge on any atom is 0.289 e. The van der Waals surface area contributed by atoms with Crippen molar-refractivity contribution in [3.63, 3.8) is 0 Å². The van der Waals surface area contributed by atoms with Crippen molar-refractivity contribution in [2.45, 2.75) is 20.3 Å². The molecule has 0 atom stereocenters. The van der Waals surface area contributed by atoms with Gasteiger partial charge in [0.15, 0.2) is 0 Å². The van der Waals surface area contributed by atoms with Crippen LogP contribution in [0.25, 0.3) is 11.3 Å². The first-order valence-electron chi connectivity index (χ1n) is 8.72. The Morgan fingerprint density at radius 1 is 1.18 bits per heavy atom. The van der Waals surface area contributed by atoms with Crippen LogP contribution in [0, 0.1) is 10.1 Å². The maximum atomic E-state index is 12.3. The van der Waals surface area contributed by atoms with E-state index in [1.165, 1.54) is 17.7 Å². The maximum absolute atomic E-state index is 12.3. The summed E-state index contributed by atoms with van der Waals surface area (Å²) in [5.74, 6) is -0.426. The van der Waals surface area contributed by atoms with Crippen LogP contribution < -0.4 is 5.43 Å². The summed E-state index contributed by atoms with van der Waals surface area (Å²) in [7, 11) is 0. The Balaban J connectivity index is 1.68. The summed E-state index contributed by atoms with van der Waals surface area (Å²) < 4.78 is 0. The summed E-state index contributed by atoms with van der Waals surface area (Å²) in [4.78, 5) is 22.5. The second-order valence-corrected chi connectivity index (χ2v) is 6.16. The molecule has 0 radical (unpaired) electrons. The summed E-state index contributed by atoms with van der Waals surface area (Å²) in [6.45, 7) is 3.79. The number of hydrogen-bond donors (Lipinski definition) is 2. The van der Waals surface area contributed by atoms with Gasteiger partial charge in [-0.3, -0.25) is 20.0 Å². The third-order valence-corrected chi connectivity index (χ3v) is 4.30. The fourth-order valence-corrected chi connectivity index (χ4v) is 2.58. The highest BCUT2D eigenvalue weighted by Crippen LogP contribution is 2.18. The number of rotatable bonds is 6. The number of aromatic nitrogens is 2. The number of hydrogen-bond acceptors (Lipinski definition) is 5. The molecule has 0 aliphatic heterocycles. The number of benzene rings is 2. The summed E-state index contributed by atoms with van der Waals surface area (Å²) in [6, 6.07) is 15.6. The topological polar surface area (TPSA) is 113 Å². The molecule has 3 aromatic rings. The summed E-state index contributed by atoms with van der Waals surface area (Å²) >= 11 is 0. The molecule has 1 amide bonds. The smallest absolute Gasteiger partial charge is 0.272 e. The van der Waals surface area contributed by atoms with Crippen molar-refractivity contribution < 1.29 is 9.72 Å². The van der Waals surface area contributed by atoms with Gasteiger partial charge in [0.05, 0.1) is 16.3 Å². The lowest BCUT2D eigenvalue weighted by Gasteiger charge is -2.01. The lowest BCUT2D eigenvalue weighted by atomic mass is 10.1. The molecule has 142 valence electrons. The predicted octanol–water partition coefficient (Wildman–Crippen LogP) is 3.70. The van der Waals surface area contributed by atoms with Gasteiger partial charge in [-0.25, -0.2) is 5.43 Å². The van der Waals surface area contributed by atoms with Crippen LogP contribution in [0.4, 0.5) is 5.69 Å². The lowest BCUT2D eigenvalue weighted by Crippen LogP contribution is -2.19. The number of nitro groups is 1. The van der Waals surface area contributed by atoms with E-state index in [-0.39, 0.29) is 11.4 Å². The monoisotopic (exact) mass is 377 g/mol. The molecule has 2 N–H and O–H groups in total. The average Bonchev–Trinajstić information content (AvgIpc) is 3.22. The molecule has 28 heavy (non-hydrogen) atoms. The van der Waals surface area contributed by atoms with Crippen LogP contribution in [0.15, 0.2) is 59.7 Å². The molecule has 8 heteroatoms. The van der Waals surface area contributed by atoms with E-state index in [9.17, 15) is 14.9 Å². The van der Waals surface area contributed by atoms with Crippen LogP contribution in [-0.2, 0) is 6.42 Å². The number of nitro benzene ring substituents is 1. The number of nitrogens with one attached hydrogen (secondary N) is 2. The number of non-ortho nitro benzene ring substituents is 1. The first kappa shape index (κ1) is 19.0. The number of carbonyl (C=O) groups is 1. The van der Waals surface area contributed by atoms with Gasteiger partial charge >= 0.3 is 0 Å². The molecule has 0 fully saturated rings. The van der Waals surface area contributed by atoms with E-state index < -0.39 is 10.8 Å². The van der Waals surface area contributed by atoms with Crippen molar-refractivity contribution in [1.29, 1.82) is 0 Å². The van der Waals surface area contributed by atoms with E-state index in [1.54, 1.807) is 25.1 Å². The second kappa shape index (κ2) is 8.26. The van der Waals surface area contributed by atoms with Crippen molar-refractivity contribution in [2.24, 2.45) is 5.10 Å². The van der Waals surface area contributed by atoms with Crippen molar-refractivity contribution in [3.05, 3.63) is 81.5 Å². The number of H-pyrrole nitrogens is 1. The minimum absolute atomic E-state index is 0.00227. The van der Waals surface area contributed by atoms with Crippen molar-refractivity contribution in [2.75, 3.05) is 0 Å². The van der Waals surface area contributed by atoms with Crippen LogP contribution in [0.5, 0.6) is 0 Å². The van der Waals surface area contributed by atoms with Gasteiger partial charge in [-0.1, -0.05) is 31.2 Å². The van der Waals surface area contributed by atoms with E-state index in [1.807, 2.05) is 24.3 Å². The van der Waals surface area contributed by atoms with Gasteiger partial charge < -0.3 is 0 Å². The number of hydrazone groups is 1. The molecule has 0 saturated heterocycles. The molecule has 1 aromatic heterocycles. The zero-order valence-electron chi connectivity index (χ0n) is 15.5. The highest BCUT2D eigenvalue weighted by molar-refractivity contribution is 6.00. The zero-order chi connectivity index (χ0) is 20.1. The third-order valence-electron chi connectivity index (χ3n) is 4.30. The molecule has 0 spiro atoms. The molecule has 0 saturated carbocycles. The Labute approximate surface area is 161 Å². The van der Waals surface area contributed by atoms with E-state index in [0.29, 0.717) is 17.0 Å². The quantitative estimate of drug-likeness (QED) is 0.387. The van der Waals surface area contributed by atoms with Gasteiger partial charge in [-0.05, 0) is 42.7 Å². The van der Waals surface area contributed by atoms with Crippen molar-refractivity contribution in [1.82, 2.24) is 15.6 Å². The summed E-state index contributed by atoms with van der Waals surface area (Å²) in [6.07, 6.45) is 0.959. The third kappa shape index (κ3) is 4.29. The first-order valence-corrected chi connectivity index (χ1v) is 8.72. The van der Waals surface area contributed by atoms with Crippen LogP contribution in [-0.4, -0.2) is 26.7 Å². The molecular formula is C20H19N5O3. The molecule has 2 aromatic carbocycles. The van der Waals surface area contributed by atoms with Gasteiger partial charge in [0.25, 0.3) is 11.6 Å². The van der Waals surface area contributed by atoms with E-state index in [2.05, 4.69) is 27.6 Å². The normalized spacial score (nSPS) is 11.3. The molecular weight excluding hydrogens is 358 g/mol. The number of nitrogens with zero attached hydrogens (tertiary/aromatic N) is 3. The lowest BCUT2D eigenvalue weighted by molar-refractivity contribution is -0.384. The summed E-state index contributed by atoms with van der Waals surface area (Å²) in [5, 5.41) is 21.6. The fourth-order valence-electron chi connectivity index (χ4n) is 2.58. The van der Waals surface area contributed by atoms with Crippen LogP contribution in [0.1, 0.15) is 35.5 Å². The standard InChI is InChI=1S/C20H19N5O3/c1-3-14-4-6-16(7-5-14)18-12-19(23-22-18)20(26)24-21-13(2)15-8-10-17(11-9-15)25(27)28/h4-12H,3H2,1-2H3,(H,22,23)(H,24,26). The molecule has 8 nitrogen and oxygen atoms in total. The van der Waals surface area contributed by atoms with Crippen molar-refractivity contribution >= 4 is 17.3 Å². The average molecular weight is 377 g/mol. The Bertz CT molecular complexity index is 1020. The molecule has 0 aliphatic rings. The number of amides is 1. The van der Waals surface area contributed by atoms with Gasteiger partial charge in [0, 0.05) is 17.7 Å². The van der Waals surface area contributed by atoms with E-state index in [4.69, 9.17) is 0 Å². The Hall–Kier alpha value is -3.81. The molecule has 0 bridgehead atoms. The Morgan fingerprint density at radius 2 is 1.86 bits per heavy atom. The predicted molar refractivity (Wildman–Crippen MR) is 106 cm³/mol. The van der Waals surface area contributed by atoms with E-state index >= 15 is 0 Å². The second-order valence-electron chi connectivity index (χ2n) is 6.16. The first-order chi connectivity index (χ1) is 13.5. The number of carbonyl (C=O) groups excluding carboxylic acids is 1. The largest absolute Gasteiger partial charge is 0.289 e. The van der Waals surface area contributed by atoms with Gasteiger partial charge in [0.1, 0.15) is 5.69 Å². The van der Waals surface area contributed by atoms with Crippen LogP contribution in [0.2, 0.25) is 0 Å². The molecule has 0 unspecified atom stereocenters. The van der Waals surface area contributed by atoms with E-state index in [0.717, 1.165) is 12.0 Å². The highest BCUT2D eigenvalue weighted by atomic mass is 16.6. The fraction of sp³-hybridized carbons (Fsp3) is 0.150. The zero-order valence-corrected chi connectivity index (χ0v) is 15.5. The highest BCUT2D eigenvalue weighted by Gasteiger charge is 2.11. The summed E-state index contributed by atoms with van der Waals surface area (Å²) in [5.41, 5.74) is 6.76. The Kier molecular flexibility index (Phi) is 5.59. The molecule has 1 heterocycles. The molecule has 0 aliphatic carbocycles. The van der Waals surface area contributed by atoms with Crippen LogP contribution >= 0.6 is 0 Å². The van der Waals surface area contributed by atoms with Gasteiger partial charge in [-0.15, -0.1) is 0 Å². The molecule has 3 rings (SSSR count).